The molecule has 7 heteroatoms. The summed E-state index contributed by atoms with van der Waals surface area (Å²) in [6.45, 7) is 3.37. The van der Waals surface area contributed by atoms with E-state index in [2.05, 4.69) is 4.72 Å². The topological polar surface area (TPSA) is 66.4 Å². The van der Waals surface area contributed by atoms with Crippen LogP contribution in [0.4, 0.5) is 4.39 Å². The van der Waals surface area contributed by atoms with Gasteiger partial charge in [-0.15, -0.1) is 0 Å². The molecule has 0 spiro atoms. The monoisotopic (exact) mass is 295 g/mol. The number of sulfonamides is 1. The standard InChI is InChI=1S/C11H15ClFNO3S/c1-7(2)10(15)6-14-18(16,17)11-5-8(13)3-4-9(11)12/h3-5,7,10,14-15H,6H2,1-2H3. The molecule has 0 aliphatic rings. The van der Waals surface area contributed by atoms with Gasteiger partial charge in [-0.25, -0.2) is 17.5 Å². The Morgan fingerprint density at radius 1 is 1.44 bits per heavy atom. The molecule has 0 bridgehead atoms. The maximum atomic E-state index is 13.0. The summed E-state index contributed by atoms with van der Waals surface area (Å²) in [5, 5.41) is 9.46. The van der Waals surface area contributed by atoms with E-state index in [0.29, 0.717) is 0 Å². The van der Waals surface area contributed by atoms with Crippen LogP contribution in [0.5, 0.6) is 0 Å². The van der Waals surface area contributed by atoms with E-state index in [0.717, 1.165) is 12.1 Å². The molecule has 1 rings (SSSR count). The quantitative estimate of drug-likeness (QED) is 0.870. The molecule has 4 nitrogen and oxygen atoms in total. The van der Waals surface area contributed by atoms with E-state index in [4.69, 9.17) is 11.6 Å². The Morgan fingerprint density at radius 2 is 2.06 bits per heavy atom. The van der Waals surface area contributed by atoms with Gasteiger partial charge in [-0.1, -0.05) is 25.4 Å². The molecular formula is C11H15ClFNO3S. The SMILES string of the molecule is CC(C)C(O)CNS(=O)(=O)c1cc(F)ccc1Cl. The van der Waals surface area contributed by atoms with Gasteiger partial charge >= 0.3 is 0 Å². The highest BCUT2D eigenvalue weighted by molar-refractivity contribution is 7.89. The minimum atomic E-state index is -3.92. The molecule has 1 atom stereocenters. The number of benzene rings is 1. The average molecular weight is 296 g/mol. The number of aliphatic hydroxyl groups excluding tert-OH is 1. The fourth-order valence-corrected chi connectivity index (χ4v) is 2.75. The highest BCUT2D eigenvalue weighted by Gasteiger charge is 2.20. The normalized spacial score (nSPS) is 13.9. The fourth-order valence-electron chi connectivity index (χ4n) is 1.19. The Morgan fingerprint density at radius 3 is 2.61 bits per heavy atom. The molecule has 0 radical (unpaired) electrons. The Labute approximate surface area is 111 Å². The van der Waals surface area contributed by atoms with Crippen molar-refractivity contribution >= 4 is 21.6 Å². The number of nitrogens with one attached hydrogen (secondary N) is 1. The van der Waals surface area contributed by atoms with Gasteiger partial charge in [0.05, 0.1) is 11.1 Å². The lowest BCUT2D eigenvalue weighted by Crippen LogP contribution is -2.34. The van der Waals surface area contributed by atoms with Gasteiger partial charge in [0, 0.05) is 6.54 Å². The Hall–Kier alpha value is -0.690. The van der Waals surface area contributed by atoms with Crippen LogP contribution in [-0.2, 0) is 10.0 Å². The molecule has 18 heavy (non-hydrogen) atoms. The third-order valence-corrected chi connectivity index (χ3v) is 4.34. The van der Waals surface area contributed by atoms with E-state index in [1.54, 1.807) is 13.8 Å². The molecule has 1 aromatic carbocycles. The van der Waals surface area contributed by atoms with Crippen LogP contribution >= 0.6 is 11.6 Å². The highest BCUT2D eigenvalue weighted by Crippen LogP contribution is 2.21. The summed E-state index contributed by atoms with van der Waals surface area (Å²) < 4.78 is 38.9. The minimum Gasteiger partial charge on any atom is -0.391 e. The molecule has 2 N–H and O–H groups in total. The van der Waals surface area contributed by atoms with E-state index in [1.165, 1.54) is 6.07 Å². The first kappa shape index (κ1) is 15.4. The Bertz CT molecular complexity index is 519. The lowest BCUT2D eigenvalue weighted by Gasteiger charge is -2.15. The first-order chi connectivity index (χ1) is 8.24. The molecule has 0 saturated heterocycles. The maximum Gasteiger partial charge on any atom is 0.242 e. The third kappa shape index (κ3) is 3.91. The summed E-state index contributed by atoms with van der Waals surface area (Å²) in [6.07, 6.45) is -0.813. The molecule has 1 aromatic rings. The van der Waals surface area contributed by atoms with Crippen molar-refractivity contribution in [2.75, 3.05) is 6.54 Å². The van der Waals surface area contributed by atoms with Gasteiger partial charge in [0.2, 0.25) is 10.0 Å². The van der Waals surface area contributed by atoms with E-state index in [-0.39, 0.29) is 22.4 Å². The van der Waals surface area contributed by atoms with Crippen molar-refractivity contribution in [2.24, 2.45) is 5.92 Å². The number of hydrogen-bond donors (Lipinski definition) is 2. The van der Waals surface area contributed by atoms with Gasteiger partial charge in [0.15, 0.2) is 0 Å². The zero-order valence-electron chi connectivity index (χ0n) is 10.0. The summed E-state index contributed by atoms with van der Waals surface area (Å²) in [6, 6.07) is 3.08. The van der Waals surface area contributed by atoms with Crippen LogP contribution < -0.4 is 4.72 Å². The summed E-state index contributed by atoms with van der Waals surface area (Å²) in [5.41, 5.74) is 0. The second-order valence-electron chi connectivity index (χ2n) is 4.24. The average Bonchev–Trinajstić information content (AvgIpc) is 2.29. The van der Waals surface area contributed by atoms with Crippen molar-refractivity contribution in [3.8, 4) is 0 Å². The van der Waals surface area contributed by atoms with E-state index in [1.807, 2.05) is 0 Å². The van der Waals surface area contributed by atoms with Crippen molar-refractivity contribution < 1.29 is 17.9 Å². The smallest absolute Gasteiger partial charge is 0.242 e. The molecule has 0 saturated carbocycles. The van der Waals surface area contributed by atoms with Gasteiger partial charge in [0.25, 0.3) is 0 Å². The molecule has 102 valence electrons. The molecule has 0 amide bonds. The predicted molar refractivity (Wildman–Crippen MR) is 67.4 cm³/mol. The predicted octanol–water partition coefficient (Wildman–Crippen LogP) is 1.77. The molecule has 0 aromatic heterocycles. The largest absolute Gasteiger partial charge is 0.391 e. The van der Waals surface area contributed by atoms with E-state index >= 15 is 0 Å². The second-order valence-corrected chi connectivity index (χ2v) is 6.38. The van der Waals surface area contributed by atoms with Crippen LogP contribution in [0.2, 0.25) is 5.02 Å². The van der Waals surface area contributed by atoms with Crippen molar-refractivity contribution in [2.45, 2.75) is 24.8 Å². The van der Waals surface area contributed by atoms with Crippen LogP contribution in [0, 0.1) is 11.7 Å². The lowest BCUT2D eigenvalue weighted by atomic mass is 10.1. The van der Waals surface area contributed by atoms with Gasteiger partial charge in [0.1, 0.15) is 10.7 Å². The Kier molecular flexibility index (Phi) is 5.10. The van der Waals surface area contributed by atoms with Crippen LogP contribution in [0.3, 0.4) is 0 Å². The summed E-state index contributed by atoms with van der Waals surface area (Å²) in [5.74, 6) is -0.778. The summed E-state index contributed by atoms with van der Waals surface area (Å²) in [7, 11) is -3.92. The van der Waals surface area contributed by atoms with Crippen LogP contribution in [0.15, 0.2) is 23.1 Å². The first-order valence-electron chi connectivity index (χ1n) is 5.37. The summed E-state index contributed by atoms with van der Waals surface area (Å²) in [4.78, 5) is -0.333. The first-order valence-corrected chi connectivity index (χ1v) is 7.23. The molecule has 0 fully saturated rings. The second kappa shape index (κ2) is 5.97. The Balaban J connectivity index is 2.90. The number of aliphatic hydroxyl groups is 1. The molecule has 0 aliphatic heterocycles. The molecule has 1 unspecified atom stereocenters. The van der Waals surface area contributed by atoms with Gasteiger partial charge in [-0.05, 0) is 24.1 Å². The molecular weight excluding hydrogens is 281 g/mol. The van der Waals surface area contributed by atoms with Crippen molar-refractivity contribution in [3.63, 3.8) is 0 Å². The number of rotatable bonds is 5. The van der Waals surface area contributed by atoms with Gasteiger partial charge < -0.3 is 5.11 Å². The van der Waals surface area contributed by atoms with Gasteiger partial charge in [-0.2, -0.15) is 0 Å². The fraction of sp³-hybridized carbons (Fsp3) is 0.455. The maximum absolute atomic E-state index is 13.0. The minimum absolute atomic E-state index is 0.0667. The zero-order valence-corrected chi connectivity index (χ0v) is 11.6. The highest BCUT2D eigenvalue weighted by atomic mass is 35.5. The van der Waals surface area contributed by atoms with Gasteiger partial charge in [-0.3, -0.25) is 0 Å². The van der Waals surface area contributed by atoms with Crippen molar-refractivity contribution in [1.29, 1.82) is 0 Å². The van der Waals surface area contributed by atoms with E-state index in [9.17, 15) is 17.9 Å². The molecule has 0 aliphatic carbocycles. The van der Waals surface area contributed by atoms with Crippen molar-refractivity contribution in [3.05, 3.63) is 29.0 Å². The van der Waals surface area contributed by atoms with Crippen molar-refractivity contribution in [1.82, 2.24) is 4.72 Å². The van der Waals surface area contributed by atoms with Crippen LogP contribution in [0.1, 0.15) is 13.8 Å². The zero-order chi connectivity index (χ0) is 13.9. The lowest BCUT2D eigenvalue weighted by molar-refractivity contribution is 0.129. The summed E-state index contributed by atoms with van der Waals surface area (Å²) >= 11 is 5.71. The number of halogens is 2. The van der Waals surface area contributed by atoms with Crippen LogP contribution in [0.25, 0.3) is 0 Å². The third-order valence-electron chi connectivity index (χ3n) is 2.43. The number of hydrogen-bond acceptors (Lipinski definition) is 3. The van der Waals surface area contributed by atoms with Crippen LogP contribution in [-0.4, -0.2) is 26.2 Å². The van der Waals surface area contributed by atoms with E-state index < -0.39 is 21.9 Å². The molecule has 0 heterocycles.